The second-order valence-corrected chi connectivity index (χ2v) is 8.42. The molecule has 8 heteroatoms. The Hall–Kier alpha value is -1.99. The Morgan fingerprint density at radius 3 is 2.50 bits per heavy atom. The van der Waals surface area contributed by atoms with Crippen LogP contribution in [-0.4, -0.2) is 49.4 Å². The van der Waals surface area contributed by atoms with E-state index in [9.17, 15) is 0 Å². The topological polar surface area (TPSA) is 72.9 Å². The van der Waals surface area contributed by atoms with E-state index in [1.807, 2.05) is 11.6 Å². The van der Waals surface area contributed by atoms with Crippen LogP contribution in [0.4, 0.5) is 0 Å². The summed E-state index contributed by atoms with van der Waals surface area (Å²) >= 11 is 6.60. The third kappa shape index (κ3) is 4.52. The van der Waals surface area contributed by atoms with Gasteiger partial charge in [0.1, 0.15) is 10.9 Å². The molecule has 0 aromatic carbocycles. The minimum Gasteiger partial charge on any atom is -0.360 e. The minimum atomic E-state index is 0.323. The summed E-state index contributed by atoms with van der Waals surface area (Å²) in [6.07, 6.45) is 4.85. The quantitative estimate of drug-likeness (QED) is 0.416. The van der Waals surface area contributed by atoms with Crippen LogP contribution >= 0.6 is 11.6 Å². The highest BCUT2D eigenvalue weighted by molar-refractivity contribution is 6.34. The molecular weight excluding hydrogens is 400 g/mol. The first-order valence-electron chi connectivity index (χ1n) is 11.0. The number of hydrogen-bond acceptors (Lipinski definition) is 6. The summed E-state index contributed by atoms with van der Waals surface area (Å²) in [5.41, 5.74) is 3.38. The third-order valence-electron chi connectivity index (χ3n) is 5.55. The smallest absolute Gasteiger partial charge is 0.185 e. The van der Waals surface area contributed by atoms with Gasteiger partial charge >= 0.3 is 0 Å². The zero-order chi connectivity index (χ0) is 21.8. The van der Waals surface area contributed by atoms with Crippen molar-refractivity contribution < 1.29 is 4.52 Å². The molecule has 0 amide bonds. The van der Waals surface area contributed by atoms with E-state index in [1.165, 1.54) is 0 Å². The van der Waals surface area contributed by atoms with Crippen molar-refractivity contribution in [1.82, 2.24) is 29.8 Å². The van der Waals surface area contributed by atoms with E-state index in [4.69, 9.17) is 26.2 Å². The molecule has 0 N–H and O–H groups in total. The maximum Gasteiger partial charge on any atom is 0.185 e. The van der Waals surface area contributed by atoms with Crippen molar-refractivity contribution in [3.8, 4) is 11.5 Å². The average Bonchev–Trinajstić information content (AvgIpc) is 3.24. The van der Waals surface area contributed by atoms with Crippen LogP contribution in [0.3, 0.4) is 0 Å². The molecule has 3 heterocycles. The number of fused-ring (bicyclic) bond motifs is 1. The van der Waals surface area contributed by atoms with Crippen LogP contribution in [0.5, 0.6) is 0 Å². The monoisotopic (exact) mass is 432 g/mol. The highest BCUT2D eigenvalue weighted by Crippen LogP contribution is 2.30. The molecule has 3 aromatic heterocycles. The zero-order valence-corrected chi connectivity index (χ0v) is 19.8. The van der Waals surface area contributed by atoms with Crippen molar-refractivity contribution in [1.29, 1.82) is 0 Å². The molecule has 0 aliphatic rings. The fraction of sp³-hybridized carbons (Fsp3) is 0.636. The van der Waals surface area contributed by atoms with Gasteiger partial charge in [0.05, 0.1) is 17.6 Å². The summed E-state index contributed by atoms with van der Waals surface area (Å²) in [6.45, 7) is 12.4. The number of aryl methyl sites for hydroxylation is 2. The van der Waals surface area contributed by atoms with Gasteiger partial charge in [-0.25, -0.2) is 14.6 Å². The van der Waals surface area contributed by atoms with Crippen LogP contribution in [0, 0.1) is 6.92 Å². The summed E-state index contributed by atoms with van der Waals surface area (Å²) in [6, 6.07) is 0.323. The van der Waals surface area contributed by atoms with E-state index in [0.717, 1.165) is 73.2 Å². The Bertz CT molecular complexity index is 995. The SMILES string of the molecule is CCCc1onc(-c2nc(Cl)c3c(C)nn(CC(C)N(C)CCC)c3n2)c1CCC. The molecule has 0 saturated carbocycles. The van der Waals surface area contributed by atoms with Gasteiger partial charge in [-0.3, -0.25) is 0 Å². The molecule has 3 rings (SSSR count). The third-order valence-corrected chi connectivity index (χ3v) is 5.82. The highest BCUT2D eigenvalue weighted by atomic mass is 35.5. The van der Waals surface area contributed by atoms with Crippen molar-refractivity contribution in [3.63, 3.8) is 0 Å². The molecule has 0 aliphatic carbocycles. The van der Waals surface area contributed by atoms with Gasteiger partial charge in [0.25, 0.3) is 0 Å². The lowest BCUT2D eigenvalue weighted by molar-refractivity contribution is 0.231. The van der Waals surface area contributed by atoms with E-state index in [-0.39, 0.29) is 0 Å². The summed E-state index contributed by atoms with van der Waals surface area (Å²) in [7, 11) is 2.14. The summed E-state index contributed by atoms with van der Waals surface area (Å²) in [5, 5.41) is 10.3. The Balaban J connectivity index is 2.07. The molecule has 0 fully saturated rings. The van der Waals surface area contributed by atoms with Crippen molar-refractivity contribution >= 4 is 22.6 Å². The molecule has 3 aromatic rings. The van der Waals surface area contributed by atoms with Gasteiger partial charge in [-0.1, -0.05) is 43.9 Å². The predicted molar refractivity (Wildman–Crippen MR) is 121 cm³/mol. The van der Waals surface area contributed by atoms with Crippen LogP contribution in [0.2, 0.25) is 5.15 Å². The molecule has 30 heavy (non-hydrogen) atoms. The largest absolute Gasteiger partial charge is 0.360 e. The van der Waals surface area contributed by atoms with Crippen molar-refractivity contribution in [2.75, 3.05) is 13.6 Å². The maximum absolute atomic E-state index is 6.60. The summed E-state index contributed by atoms with van der Waals surface area (Å²) in [5.74, 6) is 1.44. The molecular formula is C22H33ClN6O. The van der Waals surface area contributed by atoms with Gasteiger partial charge in [0.15, 0.2) is 17.2 Å². The molecule has 0 radical (unpaired) electrons. The predicted octanol–water partition coefficient (Wildman–Crippen LogP) is 5.08. The first-order valence-corrected chi connectivity index (χ1v) is 11.4. The number of halogens is 1. The van der Waals surface area contributed by atoms with Gasteiger partial charge in [0.2, 0.25) is 0 Å². The fourth-order valence-electron chi connectivity index (χ4n) is 3.84. The van der Waals surface area contributed by atoms with Gasteiger partial charge in [-0.2, -0.15) is 5.10 Å². The summed E-state index contributed by atoms with van der Waals surface area (Å²) in [4.78, 5) is 11.8. The number of likely N-dealkylation sites (N-methyl/N-ethyl adjacent to an activating group) is 1. The molecule has 164 valence electrons. The lowest BCUT2D eigenvalue weighted by atomic mass is 10.0. The number of aromatic nitrogens is 5. The molecule has 0 saturated heterocycles. The van der Waals surface area contributed by atoms with Crippen molar-refractivity contribution in [2.45, 2.75) is 79.3 Å². The zero-order valence-electron chi connectivity index (χ0n) is 19.0. The second kappa shape index (κ2) is 9.88. The lowest BCUT2D eigenvalue weighted by Gasteiger charge is -2.24. The number of nitrogens with zero attached hydrogens (tertiary/aromatic N) is 6. The van der Waals surface area contributed by atoms with Crippen LogP contribution in [0.25, 0.3) is 22.6 Å². The first-order chi connectivity index (χ1) is 14.4. The Morgan fingerprint density at radius 1 is 1.10 bits per heavy atom. The number of hydrogen-bond donors (Lipinski definition) is 0. The van der Waals surface area contributed by atoms with Gasteiger partial charge < -0.3 is 9.42 Å². The van der Waals surface area contributed by atoms with E-state index in [1.54, 1.807) is 0 Å². The molecule has 1 atom stereocenters. The molecule has 0 bridgehead atoms. The Morgan fingerprint density at radius 2 is 1.83 bits per heavy atom. The van der Waals surface area contributed by atoms with Crippen LogP contribution in [-0.2, 0) is 19.4 Å². The van der Waals surface area contributed by atoms with Gasteiger partial charge in [0, 0.05) is 18.0 Å². The lowest BCUT2D eigenvalue weighted by Crippen LogP contribution is -2.33. The van der Waals surface area contributed by atoms with Crippen molar-refractivity contribution in [3.05, 3.63) is 22.2 Å². The van der Waals surface area contributed by atoms with Gasteiger partial charge in [-0.15, -0.1) is 0 Å². The van der Waals surface area contributed by atoms with Crippen LogP contribution < -0.4 is 0 Å². The summed E-state index contributed by atoms with van der Waals surface area (Å²) < 4.78 is 7.60. The molecule has 7 nitrogen and oxygen atoms in total. The van der Waals surface area contributed by atoms with E-state index in [2.05, 4.69) is 49.8 Å². The second-order valence-electron chi connectivity index (χ2n) is 8.07. The molecule has 0 aliphatic heterocycles. The average molecular weight is 433 g/mol. The maximum atomic E-state index is 6.60. The normalized spacial score (nSPS) is 12.9. The molecule has 0 spiro atoms. The van der Waals surface area contributed by atoms with Crippen LogP contribution in [0.15, 0.2) is 4.52 Å². The van der Waals surface area contributed by atoms with E-state index in [0.29, 0.717) is 22.7 Å². The highest BCUT2D eigenvalue weighted by Gasteiger charge is 2.23. The fourth-order valence-corrected chi connectivity index (χ4v) is 4.15. The van der Waals surface area contributed by atoms with E-state index < -0.39 is 0 Å². The standard InChI is InChI=1S/C22H33ClN6O/c1-7-10-16-17(11-8-2)30-27-19(16)21-24-20(23)18-15(5)26-29(22(18)25-21)13-14(4)28(6)12-9-3/h14H,7-13H2,1-6H3. The van der Waals surface area contributed by atoms with E-state index >= 15 is 0 Å². The van der Waals surface area contributed by atoms with Crippen LogP contribution in [0.1, 0.15) is 64.0 Å². The first kappa shape index (κ1) is 22.7. The Kier molecular flexibility index (Phi) is 7.47. The number of rotatable bonds is 10. The minimum absolute atomic E-state index is 0.323. The van der Waals surface area contributed by atoms with Gasteiger partial charge in [-0.05, 0) is 46.7 Å². The Labute approximate surface area is 183 Å². The van der Waals surface area contributed by atoms with Crippen molar-refractivity contribution in [2.24, 2.45) is 0 Å². The molecule has 1 unspecified atom stereocenters.